The van der Waals surface area contributed by atoms with Gasteiger partial charge in [-0.15, -0.1) is 0 Å². The number of rotatable bonds is 4. The quantitative estimate of drug-likeness (QED) is 0.868. The number of nitrogens with one attached hydrogen (secondary N) is 1. The van der Waals surface area contributed by atoms with E-state index in [1.807, 2.05) is 31.2 Å². The lowest BCUT2D eigenvalue weighted by atomic mass is 10.1. The van der Waals surface area contributed by atoms with E-state index < -0.39 is 5.97 Å². The molecule has 0 radical (unpaired) electrons. The highest BCUT2D eigenvalue weighted by molar-refractivity contribution is 5.74. The van der Waals surface area contributed by atoms with E-state index in [2.05, 4.69) is 16.9 Å². The summed E-state index contributed by atoms with van der Waals surface area (Å²) in [4.78, 5) is 18.2. The number of H-pyrrole nitrogens is 1. The molecule has 4 heteroatoms. The first-order chi connectivity index (χ1) is 8.60. The molecule has 0 unspecified atom stereocenters. The lowest BCUT2D eigenvalue weighted by Crippen LogP contribution is -2.01. The number of nitrogens with zero attached hydrogens (tertiary/aromatic N) is 1. The van der Waals surface area contributed by atoms with Crippen LogP contribution in [0.5, 0.6) is 0 Å². The number of aliphatic carboxylic acids is 1. The first-order valence-electron chi connectivity index (χ1n) is 5.96. The molecule has 2 aromatic rings. The van der Waals surface area contributed by atoms with E-state index >= 15 is 0 Å². The van der Waals surface area contributed by atoms with Crippen molar-refractivity contribution in [1.82, 2.24) is 9.97 Å². The zero-order valence-corrected chi connectivity index (χ0v) is 10.5. The van der Waals surface area contributed by atoms with Crippen LogP contribution in [0.15, 0.2) is 24.3 Å². The highest BCUT2D eigenvalue weighted by Gasteiger charge is 2.13. The Kier molecular flexibility index (Phi) is 3.46. The van der Waals surface area contributed by atoms with Crippen molar-refractivity contribution in [1.29, 1.82) is 0 Å². The van der Waals surface area contributed by atoms with Gasteiger partial charge in [-0.25, -0.2) is 4.98 Å². The summed E-state index contributed by atoms with van der Waals surface area (Å²) in [6.45, 7) is 3.93. The molecular formula is C14H16N2O2. The lowest BCUT2D eigenvalue weighted by Gasteiger charge is -2.02. The summed E-state index contributed by atoms with van der Waals surface area (Å²) in [6.07, 6.45) is 0.952. The van der Waals surface area contributed by atoms with Gasteiger partial charge in [-0.05, 0) is 18.9 Å². The van der Waals surface area contributed by atoms with E-state index in [1.54, 1.807) is 0 Å². The normalized spacial score (nSPS) is 10.6. The van der Waals surface area contributed by atoms with Gasteiger partial charge in [-0.3, -0.25) is 4.79 Å². The Morgan fingerprint density at radius 1 is 1.33 bits per heavy atom. The molecule has 1 heterocycles. The molecule has 0 aliphatic carbocycles. The second-order valence-electron chi connectivity index (χ2n) is 4.27. The molecular weight excluding hydrogens is 228 g/mol. The number of imidazole rings is 1. The predicted molar refractivity (Wildman–Crippen MR) is 69.5 cm³/mol. The van der Waals surface area contributed by atoms with E-state index in [0.717, 1.165) is 23.5 Å². The summed E-state index contributed by atoms with van der Waals surface area (Å²) < 4.78 is 0. The van der Waals surface area contributed by atoms with Gasteiger partial charge in [0.2, 0.25) is 0 Å². The Bertz CT molecular complexity index is 556. The number of carboxylic acids is 1. The Morgan fingerprint density at radius 2 is 2.00 bits per heavy atom. The van der Waals surface area contributed by atoms with E-state index in [9.17, 15) is 4.79 Å². The fourth-order valence-electron chi connectivity index (χ4n) is 1.96. The SMILES string of the molecule is CCc1ccc(-c2nc(C)[nH]c2CC(=O)O)cc1. The van der Waals surface area contributed by atoms with Crippen molar-refractivity contribution in [3.8, 4) is 11.3 Å². The molecule has 0 bridgehead atoms. The summed E-state index contributed by atoms with van der Waals surface area (Å²) in [7, 11) is 0. The molecule has 0 aliphatic rings. The number of aryl methyl sites for hydroxylation is 2. The van der Waals surface area contributed by atoms with Crippen LogP contribution in [0.2, 0.25) is 0 Å². The molecule has 2 rings (SSSR count). The highest BCUT2D eigenvalue weighted by Crippen LogP contribution is 2.22. The Balaban J connectivity index is 2.39. The minimum absolute atomic E-state index is 0.0360. The predicted octanol–water partition coefficient (Wildman–Crippen LogP) is 2.57. The third-order valence-corrected chi connectivity index (χ3v) is 2.86. The van der Waals surface area contributed by atoms with Gasteiger partial charge in [0.1, 0.15) is 5.82 Å². The second kappa shape index (κ2) is 5.04. The van der Waals surface area contributed by atoms with Gasteiger partial charge in [0, 0.05) is 5.56 Å². The molecule has 0 aliphatic heterocycles. The number of hydrogen-bond acceptors (Lipinski definition) is 2. The van der Waals surface area contributed by atoms with E-state index in [0.29, 0.717) is 5.69 Å². The van der Waals surface area contributed by atoms with Crippen LogP contribution in [-0.4, -0.2) is 21.0 Å². The van der Waals surface area contributed by atoms with Crippen LogP contribution in [0.3, 0.4) is 0 Å². The molecule has 0 spiro atoms. The zero-order chi connectivity index (χ0) is 13.1. The standard InChI is InChI=1S/C14H16N2O2/c1-3-10-4-6-11(7-5-10)14-12(8-13(17)18)15-9(2)16-14/h4-7H,3,8H2,1-2H3,(H,15,16)(H,17,18). The van der Waals surface area contributed by atoms with Gasteiger partial charge in [0.05, 0.1) is 17.8 Å². The van der Waals surface area contributed by atoms with Crippen LogP contribution >= 0.6 is 0 Å². The molecule has 0 atom stereocenters. The molecule has 1 aromatic heterocycles. The smallest absolute Gasteiger partial charge is 0.309 e. The summed E-state index contributed by atoms with van der Waals surface area (Å²) in [5.41, 5.74) is 3.60. The first-order valence-corrected chi connectivity index (χ1v) is 5.96. The number of carbonyl (C=O) groups is 1. The number of carboxylic acid groups (broad SMARTS) is 1. The Morgan fingerprint density at radius 3 is 2.56 bits per heavy atom. The molecule has 0 saturated carbocycles. The molecule has 0 saturated heterocycles. The van der Waals surface area contributed by atoms with Crippen molar-refractivity contribution in [2.45, 2.75) is 26.7 Å². The van der Waals surface area contributed by atoms with Gasteiger partial charge in [0.15, 0.2) is 0 Å². The number of benzene rings is 1. The van der Waals surface area contributed by atoms with Gasteiger partial charge in [-0.2, -0.15) is 0 Å². The average Bonchev–Trinajstić information content (AvgIpc) is 2.69. The average molecular weight is 244 g/mol. The summed E-state index contributed by atoms with van der Waals surface area (Å²) in [5.74, 6) is -0.120. The lowest BCUT2D eigenvalue weighted by molar-refractivity contribution is -0.136. The maximum Gasteiger partial charge on any atom is 0.309 e. The van der Waals surface area contributed by atoms with Crippen LogP contribution in [-0.2, 0) is 17.6 Å². The van der Waals surface area contributed by atoms with Gasteiger partial charge in [0.25, 0.3) is 0 Å². The van der Waals surface area contributed by atoms with Crippen molar-refractivity contribution in [2.75, 3.05) is 0 Å². The summed E-state index contributed by atoms with van der Waals surface area (Å²) in [5, 5.41) is 8.88. The van der Waals surface area contributed by atoms with E-state index in [1.165, 1.54) is 5.56 Å². The number of aromatic nitrogens is 2. The van der Waals surface area contributed by atoms with Crippen molar-refractivity contribution in [2.24, 2.45) is 0 Å². The highest BCUT2D eigenvalue weighted by atomic mass is 16.4. The van der Waals surface area contributed by atoms with Gasteiger partial charge >= 0.3 is 5.97 Å². The summed E-state index contributed by atoms with van der Waals surface area (Å²) >= 11 is 0. The van der Waals surface area contributed by atoms with Crippen LogP contribution in [0.25, 0.3) is 11.3 Å². The van der Waals surface area contributed by atoms with Crippen LogP contribution in [0.1, 0.15) is 24.0 Å². The van der Waals surface area contributed by atoms with Crippen LogP contribution in [0.4, 0.5) is 0 Å². The third kappa shape index (κ3) is 2.59. The fraction of sp³-hybridized carbons (Fsp3) is 0.286. The molecule has 0 fully saturated rings. The maximum absolute atomic E-state index is 10.8. The molecule has 2 N–H and O–H groups in total. The molecule has 0 amide bonds. The van der Waals surface area contributed by atoms with E-state index in [4.69, 9.17) is 5.11 Å². The Hall–Kier alpha value is -2.10. The van der Waals surface area contributed by atoms with Crippen molar-refractivity contribution in [3.05, 3.63) is 41.3 Å². The fourth-order valence-corrected chi connectivity index (χ4v) is 1.96. The topological polar surface area (TPSA) is 66.0 Å². The number of hydrogen-bond donors (Lipinski definition) is 2. The van der Waals surface area contributed by atoms with Crippen LogP contribution in [0, 0.1) is 6.92 Å². The number of aromatic amines is 1. The van der Waals surface area contributed by atoms with Gasteiger partial charge in [-0.1, -0.05) is 31.2 Å². The van der Waals surface area contributed by atoms with Gasteiger partial charge < -0.3 is 10.1 Å². The summed E-state index contributed by atoms with van der Waals surface area (Å²) in [6, 6.07) is 8.06. The third-order valence-electron chi connectivity index (χ3n) is 2.86. The van der Waals surface area contributed by atoms with Crippen molar-refractivity contribution >= 4 is 5.97 Å². The Labute approximate surface area is 106 Å². The van der Waals surface area contributed by atoms with E-state index in [-0.39, 0.29) is 6.42 Å². The monoisotopic (exact) mass is 244 g/mol. The maximum atomic E-state index is 10.8. The molecule has 4 nitrogen and oxygen atoms in total. The second-order valence-corrected chi connectivity index (χ2v) is 4.27. The molecule has 94 valence electrons. The molecule has 18 heavy (non-hydrogen) atoms. The minimum Gasteiger partial charge on any atom is -0.481 e. The first kappa shape index (κ1) is 12.4. The zero-order valence-electron chi connectivity index (χ0n) is 10.5. The largest absolute Gasteiger partial charge is 0.481 e. The molecule has 1 aromatic carbocycles. The van der Waals surface area contributed by atoms with Crippen molar-refractivity contribution in [3.63, 3.8) is 0 Å². The van der Waals surface area contributed by atoms with Crippen LogP contribution < -0.4 is 0 Å². The van der Waals surface area contributed by atoms with Crippen molar-refractivity contribution < 1.29 is 9.90 Å². The minimum atomic E-state index is -0.856.